The molecule has 0 aliphatic carbocycles. The molecular formula is C19H24N6O6S2. The molecule has 33 heavy (non-hydrogen) atoms. The first-order valence-electron chi connectivity index (χ1n) is 9.99. The average molecular weight is 497 g/mol. The molecule has 0 bridgehead atoms. The molecule has 3 N–H and O–H groups in total. The number of anilines is 1. The summed E-state index contributed by atoms with van der Waals surface area (Å²) in [5, 5.41) is 18.7. The van der Waals surface area contributed by atoms with Crippen molar-refractivity contribution in [2.24, 2.45) is 5.16 Å². The third kappa shape index (κ3) is 5.02. The van der Waals surface area contributed by atoms with Gasteiger partial charge in [-0.3, -0.25) is 19.3 Å². The van der Waals surface area contributed by atoms with Crippen molar-refractivity contribution in [1.29, 1.82) is 0 Å². The number of likely N-dealkylation sites (N-methyl/N-ethyl adjacent to an activating group) is 1. The zero-order valence-corrected chi connectivity index (χ0v) is 19.7. The van der Waals surface area contributed by atoms with Crippen LogP contribution in [0.25, 0.3) is 0 Å². The van der Waals surface area contributed by atoms with Crippen LogP contribution in [0.3, 0.4) is 0 Å². The lowest BCUT2D eigenvalue weighted by molar-refractivity contribution is -0.892. The fraction of sp³-hybridized carbons (Fsp3) is 0.474. The number of nitrogens with zero attached hydrogens (tertiary/aromatic N) is 4. The molecule has 2 saturated heterocycles. The number of aldehydes is 1. The number of thiol groups is 1. The van der Waals surface area contributed by atoms with E-state index in [0.29, 0.717) is 10.8 Å². The van der Waals surface area contributed by atoms with Gasteiger partial charge in [0.2, 0.25) is 0 Å². The molecule has 1 aromatic heterocycles. The van der Waals surface area contributed by atoms with Crippen molar-refractivity contribution >= 4 is 58.9 Å². The molecule has 0 saturated carbocycles. The minimum Gasteiger partial charge on any atom is -0.543 e. The molecular weight excluding hydrogens is 472 g/mol. The predicted molar refractivity (Wildman–Crippen MR) is 120 cm³/mol. The number of carbonyl (C=O) groups is 4. The lowest BCUT2D eigenvalue weighted by atomic mass is 10.0. The Morgan fingerprint density at radius 2 is 2.15 bits per heavy atom. The smallest absolute Gasteiger partial charge is 0.276 e. The van der Waals surface area contributed by atoms with Gasteiger partial charge in [0.15, 0.2) is 17.1 Å². The molecule has 2 atom stereocenters. The van der Waals surface area contributed by atoms with Crippen molar-refractivity contribution in [3.63, 3.8) is 0 Å². The molecule has 0 unspecified atom stereocenters. The highest BCUT2D eigenvalue weighted by molar-refractivity contribution is 7.81. The zero-order valence-electron chi connectivity index (χ0n) is 18.0. The van der Waals surface area contributed by atoms with Gasteiger partial charge < -0.3 is 30.3 Å². The molecule has 0 radical (unpaired) electrons. The second-order valence-corrected chi connectivity index (χ2v) is 9.40. The average Bonchev–Trinajstić information content (AvgIpc) is 3.40. The summed E-state index contributed by atoms with van der Waals surface area (Å²) in [6.45, 7) is 1.72. The van der Waals surface area contributed by atoms with E-state index in [2.05, 4.69) is 32.9 Å². The van der Waals surface area contributed by atoms with Crippen LogP contribution in [0.15, 0.2) is 21.8 Å². The van der Waals surface area contributed by atoms with Gasteiger partial charge in [-0.1, -0.05) is 5.16 Å². The normalized spacial score (nSPS) is 22.9. The Labute approximate surface area is 199 Å². The molecule has 3 rings (SSSR count). The van der Waals surface area contributed by atoms with E-state index in [1.54, 1.807) is 0 Å². The summed E-state index contributed by atoms with van der Waals surface area (Å²) in [5.41, 5.74) is 4.93. The number of rotatable bonds is 9. The second-order valence-electron chi connectivity index (χ2n) is 7.98. The van der Waals surface area contributed by atoms with Crippen molar-refractivity contribution in [2.45, 2.75) is 24.3 Å². The van der Waals surface area contributed by atoms with Gasteiger partial charge in [0.25, 0.3) is 11.8 Å². The number of oxime groups is 1. The van der Waals surface area contributed by atoms with Crippen LogP contribution in [0.5, 0.6) is 0 Å². The van der Waals surface area contributed by atoms with Crippen LogP contribution in [0.2, 0.25) is 0 Å². The third-order valence-electron chi connectivity index (χ3n) is 5.59. The van der Waals surface area contributed by atoms with Crippen molar-refractivity contribution in [2.75, 3.05) is 39.5 Å². The molecule has 2 amide bonds. The summed E-state index contributed by atoms with van der Waals surface area (Å²) >= 11 is 5.39. The maximum Gasteiger partial charge on any atom is 0.276 e. The number of carbonyl (C=O) groups excluding carboxylic acids is 4. The molecule has 1 aromatic rings. The summed E-state index contributed by atoms with van der Waals surface area (Å²) in [6, 6.07) is -1.17. The fourth-order valence-electron chi connectivity index (χ4n) is 3.98. The van der Waals surface area contributed by atoms with E-state index < -0.39 is 34.9 Å². The Bertz CT molecular complexity index is 1030. The van der Waals surface area contributed by atoms with Gasteiger partial charge in [-0.25, -0.2) is 4.98 Å². The number of carboxylic acid groups (broad SMARTS) is 1. The lowest BCUT2D eigenvalue weighted by Crippen LogP contribution is -2.70. The standard InChI is InChI=1S/C19H24N6O6S2/c1-25(5-3-4-6-25)7-10(8-26)14(18(29)30)24-16(28)13(17(24)32)22-15(27)12(23-31-2)11-9-33-19(20)21-11/h8-9,13,17H,3-7H2,1-2H3,(H4-,20,21,22,27,29,30,32)/b14-10?,23-12-/t13-,17-/m1/s1. The Balaban J connectivity index is 1.81. The number of quaternary nitrogens is 1. The number of hydrogen-bond donors (Lipinski definition) is 3. The topological polar surface area (TPSA) is 167 Å². The molecule has 3 heterocycles. The number of likely N-dealkylation sites (tertiary alicyclic amines) is 2. The van der Waals surface area contributed by atoms with Gasteiger partial charge in [-0.15, -0.1) is 11.3 Å². The van der Waals surface area contributed by atoms with Gasteiger partial charge in [0.1, 0.15) is 30.8 Å². The molecule has 2 fully saturated rings. The van der Waals surface area contributed by atoms with E-state index in [1.165, 1.54) is 12.5 Å². The van der Waals surface area contributed by atoms with Crippen molar-refractivity contribution in [3.8, 4) is 0 Å². The maximum absolute atomic E-state index is 12.8. The van der Waals surface area contributed by atoms with Crippen molar-refractivity contribution in [1.82, 2.24) is 15.2 Å². The molecule has 0 spiro atoms. The Hall–Kier alpha value is -2.97. The number of hydrogen-bond acceptors (Lipinski definition) is 11. The fourth-order valence-corrected chi connectivity index (χ4v) is 4.95. The number of amides is 2. The van der Waals surface area contributed by atoms with E-state index in [9.17, 15) is 24.3 Å². The molecule has 0 aromatic carbocycles. The first-order valence-corrected chi connectivity index (χ1v) is 11.4. The van der Waals surface area contributed by atoms with Crippen LogP contribution in [-0.2, 0) is 24.0 Å². The predicted octanol–water partition coefficient (Wildman–Crippen LogP) is -1.90. The van der Waals surface area contributed by atoms with Crippen LogP contribution in [0.4, 0.5) is 5.13 Å². The first kappa shape index (κ1) is 24.7. The lowest BCUT2D eigenvalue weighted by Gasteiger charge is -2.46. The minimum absolute atomic E-state index is 0.0591. The van der Waals surface area contributed by atoms with Gasteiger partial charge >= 0.3 is 0 Å². The maximum atomic E-state index is 12.8. The number of thiazole rings is 1. The monoisotopic (exact) mass is 496 g/mol. The Kier molecular flexibility index (Phi) is 7.39. The highest BCUT2D eigenvalue weighted by Gasteiger charge is 2.49. The van der Waals surface area contributed by atoms with Crippen molar-refractivity contribution < 1.29 is 33.6 Å². The van der Waals surface area contributed by atoms with E-state index in [4.69, 9.17) is 5.73 Å². The number of aliphatic carboxylic acids is 1. The molecule has 2 aliphatic rings. The number of aromatic nitrogens is 1. The van der Waals surface area contributed by atoms with Gasteiger partial charge in [0.05, 0.1) is 37.4 Å². The van der Waals surface area contributed by atoms with Crippen LogP contribution >= 0.6 is 24.0 Å². The van der Waals surface area contributed by atoms with E-state index in [0.717, 1.165) is 42.2 Å². The molecule has 12 nitrogen and oxygen atoms in total. The SMILES string of the molecule is CO/N=C(\C(=O)N[C@@H]1C(=O)N(C(C(=O)[O-])=C(C=O)C[N+]2(C)CCCC2)[C@@H]1S)c1csc(N)n1. The van der Waals surface area contributed by atoms with E-state index in [1.807, 2.05) is 7.05 Å². The van der Waals surface area contributed by atoms with Crippen LogP contribution in [0, 0.1) is 0 Å². The third-order valence-corrected chi connectivity index (χ3v) is 6.80. The Morgan fingerprint density at radius 1 is 1.48 bits per heavy atom. The minimum atomic E-state index is -1.67. The van der Waals surface area contributed by atoms with Crippen LogP contribution in [-0.4, -0.2) is 89.4 Å². The highest BCUT2D eigenvalue weighted by Crippen LogP contribution is 2.30. The highest BCUT2D eigenvalue weighted by atomic mass is 32.1. The number of nitrogens with one attached hydrogen (secondary N) is 1. The van der Waals surface area contributed by atoms with E-state index in [-0.39, 0.29) is 28.7 Å². The summed E-state index contributed by atoms with van der Waals surface area (Å²) in [5.74, 6) is -3.20. The number of nitrogens with two attached hydrogens (primary N) is 1. The molecule has 14 heteroatoms. The van der Waals surface area contributed by atoms with Crippen LogP contribution in [0.1, 0.15) is 18.5 Å². The molecule has 2 aliphatic heterocycles. The van der Waals surface area contributed by atoms with Gasteiger partial charge in [-0.2, -0.15) is 12.6 Å². The largest absolute Gasteiger partial charge is 0.543 e. The number of carboxylic acids is 1. The van der Waals surface area contributed by atoms with Crippen molar-refractivity contribution in [3.05, 3.63) is 22.3 Å². The molecule has 178 valence electrons. The zero-order chi connectivity index (χ0) is 24.3. The Morgan fingerprint density at radius 3 is 2.64 bits per heavy atom. The van der Waals surface area contributed by atoms with Crippen LogP contribution < -0.4 is 16.2 Å². The van der Waals surface area contributed by atoms with Gasteiger partial charge in [0, 0.05) is 18.2 Å². The summed E-state index contributed by atoms with van der Waals surface area (Å²) in [7, 11) is 3.16. The summed E-state index contributed by atoms with van der Waals surface area (Å²) < 4.78 is 0.484. The first-order chi connectivity index (χ1) is 15.6. The quantitative estimate of drug-likeness (QED) is 0.0678. The van der Waals surface area contributed by atoms with E-state index >= 15 is 0 Å². The summed E-state index contributed by atoms with van der Waals surface area (Å²) in [4.78, 5) is 58.7. The number of β-lactam (4-membered cyclic amide) rings is 1. The van der Waals surface area contributed by atoms with Gasteiger partial charge in [-0.05, 0) is 0 Å². The second kappa shape index (κ2) is 9.89. The summed E-state index contributed by atoms with van der Waals surface area (Å²) in [6.07, 6.45) is 2.36. The number of nitrogen functional groups attached to an aromatic ring is 1.